The van der Waals surface area contributed by atoms with Gasteiger partial charge in [0.05, 0.1) is 17.6 Å². The molecule has 24 heavy (non-hydrogen) atoms. The van der Waals surface area contributed by atoms with E-state index in [4.69, 9.17) is 4.74 Å². The minimum Gasteiger partial charge on any atom is -0.492 e. The molecule has 3 rings (SSSR count). The van der Waals surface area contributed by atoms with E-state index in [2.05, 4.69) is 64.9 Å². The molecule has 1 N–H and O–H groups in total. The van der Waals surface area contributed by atoms with Crippen LogP contribution in [0.1, 0.15) is 30.9 Å². The predicted octanol–water partition coefficient (Wildman–Crippen LogP) is 5.93. The smallest absolute Gasteiger partial charge is 0.166 e. The summed E-state index contributed by atoms with van der Waals surface area (Å²) in [5.41, 5.74) is 4.53. The molecular formula is C19H21BrN2OS. The lowest BCUT2D eigenvalue weighted by molar-refractivity contribution is 0.338. The highest BCUT2D eigenvalue weighted by atomic mass is 79.9. The van der Waals surface area contributed by atoms with Crippen LogP contribution in [0.3, 0.4) is 0 Å². The zero-order valence-electron chi connectivity index (χ0n) is 14.1. The number of thioether (sulfide) groups is 1. The standard InChI is InChI=1S/C19H21BrN2OS/c1-12(2)15-6-4-13(3)10-18(15)23-8-9-24-19-21-16-7-5-14(20)11-17(16)22-19/h4-7,10-12H,8-9H2,1-3H3,(H,21,22). The Hall–Kier alpha value is -1.46. The van der Waals surface area contributed by atoms with E-state index in [0.29, 0.717) is 12.5 Å². The van der Waals surface area contributed by atoms with Crippen molar-refractivity contribution in [1.82, 2.24) is 9.97 Å². The van der Waals surface area contributed by atoms with Gasteiger partial charge in [0.1, 0.15) is 5.75 Å². The van der Waals surface area contributed by atoms with Crippen LogP contribution in [-0.4, -0.2) is 22.3 Å². The summed E-state index contributed by atoms with van der Waals surface area (Å²) in [4.78, 5) is 7.93. The van der Waals surface area contributed by atoms with Crippen LogP contribution >= 0.6 is 27.7 Å². The van der Waals surface area contributed by atoms with Gasteiger partial charge in [0, 0.05) is 10.2 Å². The Bertz CT molecular complexity index is 844. The summed E-state index contributed by atoms with van der Waals surface area (Å²) in [6.07, 6.45) is 0. The molecule has 2 aromatic carbocycles. The first-order chi connectivity index (χ1) is 11.5. The molecule has 0 atom stereocenters. The lowest BCUT2D eigenvalue weighted by Crippen LogP contribution is -2.04. The van der Waals surface area contributed by atoms with Crippen LogP contribution in [-0.2, 0) is 0 Å². The maximum Gasteiger partial charge on any atom is 0.166 e. The van der Waals surface area contributed by atoms with Crippen molar-refractivity contribution in [3.05, 3.63) is 52.0 Å². The molecule has 126 valence electrons. The molecule has 0 aliphatic heterocycles. The Kier molecular flexibility index (Phi) is 5.51. The Labute approximate surface area is 155 Å². The number of H-pyrrole nitrogens is 1. The summed E-state index contributed by atoms with van der Waals surface area (Å²) in [6, 6.07) is 12.5. The summed E-state index contributed by atoms with van der Waals surface area (Å²) in [7, 11) is 0. The van der Waals surface area contributed by atoms with Gasteiger partial charge in [-0.1, -0.05) is 53.7 Å². The molecule has 3 nitrogen and oxygen atoms in total. The first-order valence-electron chi connectivity index (χ1n) is 8.04. The van der Waals surface area contributed by atoms with E-state index in [1.165, 1.54) is 11.1 Å². The summed E-state index contributed by atoms with van der Waals surface area (Å²) in [5, 5.41) is 0.931. The van der Waals surface area contributed by atoms with Gasteiger partial charge in [-0.3, -0.25) is 0 Å². The van der Waals surface area contributed by atoms with Gasteiger partial charge in [0.25, 0.3) is 0 Å². The maximum atomic E-state index is 6.02. The molecule has 0 fully saturated rings. The predicted molar refractivity (Wildman–Crippen MR) is 105 cm³/mol. The Morgan fingerprint density at radius 3 is 2.83 bits per heavy atom. The summed E-state index contributed by atoms with van der Waals surface area (Å²) >= 11 is 5.16. The van der Waals surface area contributed by atoms with Crippen LogP contribution in [0.25, 0.3) is 11.0 Å². The molecule has 0 unspecified atom stereocenters. The summed E-state index contributed by atoms with van der Waals surface area (Å²) in [5.74, 6) is 2.31. The molecule has 1 aromatic heterocycles. The van der Waals surface area contributed by atoms with Crippen LogP contribution in [0.2, 0.25) is 0 Å². The van der Waals surface area contributed by atoms with Crippen molar-refractivity contribution in [1.29, 1.82) is 0 Å². The minimum absolute atomic E-state index is 0.460. The quantitative estimate of drug-likeness (QED) is 0.408. The van der Waals surface area contributed by atoms with Gasteiger partial charge in [-0.25, -0.2) is 4.98 Å². The van der Waals surface area contributed by atoms with Gasteiger partial charge in [-0.2, -0.15) is 0 Å². The third-order valence-corrected chi connectivity index (χ3v) is 5.12. The third kappa shape index (κ3) is 4.14. The summed E-state index contributed by atoms with van der Waals surface area (Å²) in [6.45, 7) is 7.14. The number of aromatic nitrogens is 2. The SMILES string of the molecule is Cc1ccc(C(C)C)c(OCCSc2nc3ccc(Br)cc3[nH]2)c1. The topological polar surface area (TPSA) is 37.9 Å². The number of aryl methyl sites for hydroxylation is 1. The first-order valence-corrected chi connectivity index (χ1v) is 9.82. The molecule has 0 saturated heterocycles. The van der Waals surface area contributed by atoms with Crippen molar-refractivity contribution in [2.75, 3.05) is 12.4 Å². The van der Waals surface area contributed by atoms with Crippen LogP contribution in [0.15, 0.2) is 46.0 Å². The molecule has 1 heterocycles. The Morgan fingerprint density at radius 1 is 1.21 bits per heavy atom. The van der Waals surface area contributed by atoms with Crippen LogP contribution in [0.4, 0.5) is 0 Å². The number of imidazole rings is 1. The number of nitrogens with zero attached hydrogens (tertiary/aromatic N) is 1. The fourth-order valence-electron chi connectivity index (χ4n) is 2.56. The van der Waals surface area contributed by atoms with E-state index < -0.39 is 0 Å². The van der Waals surface area contributed by atoms with E-state index in [1.807, 2.05) is 18.2 Å². The van der Waals surface area contributed by atoms with Gasteiger partial charge >= 0.3 is 0 Å². The van der Waals surface area contributed by atoms with Crippen LogP contribution in [0.5, 0.6) is 5.75 Å². The molecule has 0 spiro atoms. The summed E-state index contributed by atoms with van der Waals surface area (Å²) < 4.78 is 7.08. The van der Waals surface area contributed by atoms with Gasteiger partial charge in [0.2, 0.25) is 0 Å². The number of halogens is 1. The van der Waals surface area contributed by atoms with E-state index in [0.717, 1.165) is 32.2 Å². The van der Waals surface area contributed by atoms with Crippen LogP contribution in [0, 0.1) is 6.92 Å². The van der Waals surface area contributed by atoms with Crippen LogP contribution < -0.4 is 4.74 Å². The molecule has 3 aromatic rings. The van der Waals surface area contributed by atoms with Gasteiger partial charge in [0.15, 0.2) is 5.16 Å². The molecule has 0 bridgehead atoms. The van der Waals surface area contributed by atoms with Gasteiger partial charge < -0.3 is 9.72 Å². The van der Waals surface area contributed by atoms with Crippen molar-refractivity contribution in [3.8, 4) is 5.75 Å². The van der Waals surface area contributed by atoms with Crippen molar-refractivity contribution >= 4 is 38.7 Å². The lowest BCUT2D eigenvalue weighted by atomic mass is 10.0. The maximum absolute atomic E-state index is 6.02. The van der Waals surface area contributed by atoms with E-state index in [9.17, 15) is 0 Å². The molecule has 0 saturated carbocycles. The zero-order valence-corrected chi connectivity index (χ0v) is 16.5. The van der Waals surface area contributed by atoms with Crippen molar-refractivity contribution < 1.29 is 4.74 Å². The monoisotopic (exact) mass is 404 g/mol. The number of nitrogens with one attached hydrogen (secondary N) is 1. The fraction of sp³-hybridized carbons (Fsp3) is 0.316. The first kappa shape index (κ1) is 17.4. The average Bonchev–Trinajstić information content (AvgIpc) is 2.93. The van der Waals surface area contributed by atoms with E-state index in [1.54, 1.807) is 11.8 Å². The second kappa shape index (κ2) is 7.62. The second-order valence-electron chi connectivity index (χ2n) is 6.10. The Morgan fingerprint density at radius 2 is 2.04 bits per heavy atom. The zero-order chi connectivity index (χ0) is 17.1. The fourth-order valence-corrected chi connectivity index (χ4v) is 3.63. The molecule has 0 aliphatic carbocycles. The number of aromatic amines is 1. The highest BCUT2D eigenvalue weighted by molar-refractivity contribution is 9.10. The largest absolute Gasteiger partial charge is 0.492 e. The van der Waals surface area contributed by atoms with Crippen molar-refractivity contribution in [3.63, 3.8) is 0 Å². The van der Waals surface area contributed by atoms with Gasteiger partial charge in [-0.05, 0) is 48.2 Å². The minimum atomic E-state index is 0.460. The molecular weight excluding hydrogens is 384 g/mol. The average molecular weight is 405 g/mol. The number of rotatable bonds is 6. The number of benzene rings is 2. The lowest BCUT2D eigenvalue weighted by Gasteiger charge is -2.14. The van der Waals surface area contributed by atoms with E-state index >= 15 is 0 Å². The third-order valence-electron chi connectivity index (χ3n) is 3.79. The highest BCUT2D eigenvalue weighted by Crippen LogP contribution is 2.28. The van der Waals surface area contributed by atoms with E-state index in [-0.39, 0.29) is 0 Å². The molecule has 0 radical (unpaired) electrons. The number of hydrogen-bond donors (Lipinski definition) is 1. The number of fused-ring (bicyclic) bond motifs is 1. The number of hydrogen-bond acceptors (Lipinski definition) is 3. The second-order valence-corrected chi connectivity index (χ2v) is 8.10. The normalized spacial score (nSPS) is 11.4. The molecule has 0 aliphatic rings. The number of ether oxygens (including phenoxy) is 1. The van der Waals surface area contributed by atoms with Crippen molar-refractivity contribution in [2.45, 2.75) is 31.8 Å². The molecule has 0 amide bonds. The highest BCUT2D eigenvalue weighted by Gasteiger charge is 2.09. The van der Waals surface area contributed by atoms with Gasteiger partial charge in [-0.15, -0.1) is 0 Å². The van der Waals surface area contributed by atoms with Crippen molar-refractivity contribution in [2.24, 2.45) is 0 Å². The molecule has 5 heteroatoms. The Balaban J connectivity index is 1.59.